The number of nitrogens with one attached hydrogen (secondary N) is 1. The van der Waals surface area contributed by atoms with Crippen molar-refractivity contribution in [3.63, 3.8) is 0 Å². The Morgan fingerprint density at radius 3 is 1.13 bits per heavy atom. The Morgan fingerprint density at radius 2 is 0.717 bits per heavy atom. The Hall–Kier alpha value is -14.0. The van der Waals surface area contributed by atoms with Gasteiger partial charge in [0.15, 0.2) is 44.4 Å². The van der Waals surface area contributed by atoms with Crippen LogP contribution in [0.15, 0.2) is 224 Å². The lowest BCUT2D eigenvalue weighted by atomic mass is 9.86. The number of aromatic hydroxyl groups is 1. The summed E-state index contributed by atoms with van der Waals surface area (Å²) in [6.07, 6.45) is -5.25. The molecule has 12 aromatic carbocycles. The molecule has 0 spiro atoms. The largest absolute Gasteiger partial charge is 0.573 e. The van der Waals surface area contributed by atoms with Crippen LogP contribution in [0.5, 0.6) is 23.0 Å². The number of hydrogen-bond acceptors (Lipinski definition) is 15. The van der Waals surface area contributed by atoms with E-state index in [-0.39, 0.29) is 139 Å². The van der Waals surface area contributed by atoms with Crippen LogP contribution in [0.25, 0.3) is 120 Å². The summed E-state index contributed by atoms with van der Waals surface area (Å²) < 4.78 is 88.2. The topological polar surface area (TPSA) is 356 Å². The number of benzene rings is 12. The number of anilines is 2. The highest BCUT2D eigenvalue weighted by Crippen LogP contribution is 2.43. The second kappa shape index (κ2) is 40.7. The van der Waals surface area contributed by atoms with Gasteiger partial charge in [0.05, 0.1) is 125 Å². The van der Waals surface area contributed by atoms with Crippen molar-refractivity contribution in [2.75, 3.05) is 11.9 Å². The molecule has 7 N–H and O–H groups in total. The molecule has 17 aromatic rings. The molecule has 0 saturated carbocycles. The number of fused-ring (bicyclic) bond motifs is 10. The van der Waals surface area contributed by atoms with Crippen LogP contribution >= 0.6 is 81.2 Å². The fourth-order valence-corrected chi connectivity index (χ4v) is 17.3. The summed E-state index contributed by atoms with van der Waals surface area (Å²) in [6.45, 7) is 16.1. The van der Waals surface area contributed by atoms with E-state index in [1.54, 1.807) is 112 Å². The van der Waals surface area contributed by atoms with Gasteiger partial charge in [-0.05, 0) is 206 Å². The van der Waals surface area contributed by atoms with Crippen molar-refractivity contribution >= 4 is 231 Å². The molecule has 0 bridgehead atoms. The molecular formula is C101H80Cl7F5N6O19. The summed E-state index contributed by atoms with van der Waals surface area (Å²) in [5.41, 5.74) is 5.16. The molecule has 0 amide bonds. The number of carbonyl (C=O) groups is 5. The third-order valence-corrected chi connectivity index (χ3v) is 24.5. The molecule has 5 heterocycles. The smallest absolute Gasteiger partial charge is 0.508 e. The maximum Gasteiger partial charge on any atom is 0.573 e. The Morgan fingerprint density at radius 1 is 0.377 bits per heavy atom. The summed E-state index contributed by atoms with van der Waals surface area (Å²) in [6, 6.07) is 51.4. The molecule has 25 nitrogen and oxygen atoms in total. The summed E-state index contributed by atoms with van der Waals surface area (Å²) in [4.78, 5) is 122. The molecule has 0 aliphatic heterocycles. The second-order valence-corrected chi connectivity index (χ2v) is 36.6. The zero-order valence-corrected chi connectivity index (χ0v) is 79.4. The number of para-hydroxylation sites is 1. The van der Waals surface area contributed by atoms with E-state index in [0.717, 1.165) is 45.0 Å². The zero-order chi connectivity index (χ0) is 101. The molecule has 0 aliphatic carbocycles. The third-order valence-electron chi connectivity index (χ3n) is 22.0. The number of hydrogen-bond donors (Lipinski definition) is 7. The van der Waals surface area contributed by atoms with E-state index in [9.17, 15) is 95.4 Å². The van der Waals surface area contributed by atoms with Gasteiger partial charge in [-0.15, -0.1) is 13.2 Å². The Balaban J connectivity index is 0.000000146. The van der Waals surface area contributed by atoms with Gasteiger partial charge in [0.1, 0.15) is 50.1 Å². The van der Waals surface area contributed by atoms with Crippen molar-refractivity contribution in [3.05, 3.63) is 309 Å². The number of nitrogens with zero attached hydrogens (tertiary/aromatic N) is 5. The second-order valence-electron chi connectivity index (χ2n) is 33.8. The number of carboxylic acid groups (broad SMARTS) is 5. The van der Waals surface area contributed by atoms with Gasteiger partial charge in [-0.25, -0.2) is 8.78 Å². The first-order valence-corrected chi connectivity index (χ1v) is 44.5. The quantitative estimate of drug-likeness (QED) is 0.0310. The monoisotopic (exact) mass is 2020 g/mol. The Bertz CT molecular complexity index is 8240. The molecule has 0 unspecified atom stereocenters. The summed E-state index contributed by atoms with van der Waals surface area (Å²) in [5, 5.41) is 63.2. The van der Waals surface area contributed by atoms with Gasteiger partial charge in [0, 0.05) is 49.5 Å². The van der Waals surface area contributed by atoms with Crippen molar-refractivity contribution in [1.29, 1.82) is 0 Å². The van der Waals surface area contributed by atoms with Crippen molar-refractivity contribution in [2.45, 2.75) is 118 Å². The van der Waals surface area contributed by atoms with E-state index in [0.29, 0.717) is 93.7 Å². The number of ether oxygens (including phenoxy) is 3. The van der Waals surface area contributed by atoms with E-state index in [4.69, 9.17) is 95.8 Å². The minimum Gasteiger partial charge on any atom is -0.508 e. The molecule has 5 aromatic heterocycles. The minimum atomic E-state index is -5.06. The van der Waals surface area contributed by atoms with Crippen LogP contribution in [-0.2, 0) is 67.5 Å². The third kappa shape index (κ3) is 21.4. The van der Waals surface area contributed by atoms with E-state index in [2.05, 4.69) is 51.6 Å². The molecule has 0 atom stereocenters. The lowest BCUT2D eigenvalue weighted by Crippen LogP contribution is -2.21. The average Bonchev–Trinajstić information content (AvgIpc) is 0.749. The summed E-state index contributed by atoms with van der Waals surface area (Å²) in [7, 11) is 0. The number of phenolic OH excluding ortho intramolecular Hbond substituents is 1. The number of rotatable bonds is 18. The number of aliphatic carboxylic acids is 5. The van der Waals surface area contributed by atoms with Crippen molar-refractivity contribution < 1.29 is 90.8 Å². The van der Waals surface area contributed by atoms with Crippen LogP contribution in [0.2, 0.25) is 35.2 Å². The molecular weight excluding hydrogens is 1940 g/mol. The summed E-state index contributed by atoms with van der Waals surface area (Å²) in [5.74, 6) is -7.07. The first-order chi connectivity index (χ1) is 65.0. The lowest BCUT2D eigenvalue weighted by Gasteiger charge is -2.22. The van der Waals surface area contributed by atoms with E-state index >= 15 is 0 Å². The van der Waals surface area contributed by atoms with Crippen molar-refractivity contribution in [3.8, 4) is 34.1 Å². The standard InChI is InChI=1S/C22H24ClNO4.C21H12Cl2F2N2O3.C21H13Cl2NO4.C21H22ClNO4.C16H9ClF3NO4/c1-12(2)28-21-16(23)9-8-15-19(21)24(11-18(25)26)17-10-13(22(3,4)5)6-7-14(17)20(15)27;22-14-5-4-13-20(19(14)23)27(9-18(28)29)17-8-11(2-3-12(17)21(13)30)26-16-6-1-10(24)7-15(16)25;22-16-8-7-15-20(19(16)23)24(10-18(26)27)17-9-12(3-6-14(17)21(15)28)11-1-4-13(25)5-2-11;1-5-27-20-15(22)9-8-14-18(20)23(11-17(24)25)16-10-12(21(2,3)4)6-7-13(16)19(14)26;17-10-6-5-9-13(15(10)25-16(18,19)20)21(7-12(22)23)11-4-2-1-3-8(11)14(9)24/h6-10,12H,11H2,1-5H3,(H,25,26);1-8,26H,9H2,(H,28,29);1-9,25H,10H2,(H,26,27);6-10H,5,11H2,1-4H3,(H,24,25);1-6H,7H2,(H,22,23). The number of aromatic nitrogens is 5. The lowest BCUT2D eigenvalue weighted by molar-refractivity contribution is -0.274. The van der Waals surface area contributed by atoms with Crippen molar-refractivity contribution in [2.24, 2.45) is 0 Å². The van der Waals surface area contributed by atoms with Crippen LogP contribution in [0, 0.1) is 11.6 Å². The van der Waals surface area contributed by atoms with Crippen molar-refractivity contribution in [1.82, 2.24) is 22.8 Å². The maximum atomic E-state index is 14.0. The highest BCUT2D eigenvalue weighted by molar-refractivity contribution is 6.46. The minimum absolute atomic E-state index is 0.0183. The highest BCUT2D eigenvalue weighted by atomic mass is 35.5. The maximum absolute atomic E-state index is 14.0. The average molecular weight is 2020 g/mol. The zero-order valence-electron chi connectivity index (χ0n) is 74.1. The summed E-state index contributed by atoms with van der Waals surface area (Å²) >= 11 is 43.4. The molecule has 0 saturated heterocycles. The highest BCUT2D eigenvalue weighted by Gasteiger charge is 2.35. The first kappa shape index (κ1) is 101. The van der Waals surface area contributed by atoms with Gasteiger partial charge in [-0.2, -0.15) is 0 Å². The molecule has 17 rings (SSSR count). The molecule has 138 heavy (non-hydrogen) atoms. The fourth-order valence-electron chi connectivity index (χ4n) is 15.9. The van der Waals surface area contributed by atoms with Crippen LogP contribution in [0.3, 0.4) is 0 Å². The number of carboxylic acids is 5. The Kier molecular flexibility index (Phi) is 30.0. The van der Waals surface area contributed by atoms with Crippen LogP contribution in [-0.4, -0.2) is 102 Å². The van der Waals surface area contributed by atoms with E-state index in [1.165, 1.54) is 63.7 Å². The Labute approximate surface area is 813 Å². The van der Waals surface area contributed by atoms with Gasteiger partial charge in [0.2, 0.25) is 0 Å². The van der Waals surface area contributed by atoms with Gasteiger partial charge in [-0.1, -0.05) is 165 Å². The van der Waals surface area contributed by atoms with E-state index < -0.39 is 77.1 Å². The van der Waals surface area contributed by atoms with Crippen LogP contribution in [0.1, 0.15) is 73.4 Å². The number of phenols is 1. The first-order valence-electron chi connectivity index (χ1n) is 41.8. The molecule has 37 heteroatoms. The number of pyridine rings is 5. The number of alkyl halides is 3. The predicted octanol–water partition coefficient (Wildman–Crippen LogP) is 23.8. The van der Waals surface area contributed by atoms with Gasteiger partial charge in [0.25, 0.3) is 0 Å². The normalized spacial score (nSPS) is 11.6. The SMILES string of the molecule is CC(C)Oc1c(Cl)ccc2c(=O)c3ccc(C(C)(C)C)cc3n(CC(=O)O)c12.CCOc1c(Cl)ccc2c(=O)c3ccc(C(C)(C)C)cc3n(CC(=O)O)c12.O=C(O)Cn1c2cc(-c3ccc(O)cc3)ccc2c(=O)c2ccc(Cl)c(Cl)c21.O=C(O)Cn1c2cc(Nc3ccc(F)cc3F)ccc2c(=O)c2ccc(Cl)c(Cl)c21.O=C(O)Cn1c2ccccc2c(=O)c2ccc(Cl)c(OC(F)(F)F)c21. The van der Waals surface area contributed by atoms with Gasteiger partial charge in [-0.3, -0.25) is 47.9 Å². The molecule has 0 radical (unpaired) electrons. The van der Waals surface area contributed by atoms with Crippen LogP contribution in [0.4, 0.5) is 33.3 Å². The van der Waals surface area contributed by atoms with Crippen LogP contribution < -0.4 is 46.7 Å². The fraction of sp³-hybridized carbons (Fsp3) is 0.188. The van der Waals surface area contributed by atoms with Gasteiger partial charge < -0.3 is 73.0 Å². The number of halogens is 12. The van der Waals surface area contributed by atoms with Gasteiger partial charge >= 0.3 is 36.2 Å². The predicted molar refractivity (Wildman–Crippen MR) is 530 cm³/mol. The molecule has 0 aliphatic rings. The molecule has 0 fully saturated rings. The van der Waals surface area contributed by atoms with E-state index in [1.807, 2.05) is 45.0 Å². The molecule has 712 valence electrons.